The van der Waals surface area contributed by atoms with Gasteiger partial charge in [0.05, 0.1) is 12.1 Å². The molecule has 190 valence electrons. The number of halogens is 3. The molecular formula is C25H26F3N5O3. The second kappa shape index (κ2) is 9.21. The molecule has 2 aliphatic heterocycles. The molecule has 0 radical (unpaired) electrons. The van der Waals surface area contributed by atoms with Gasteiger partial charge in [-0.3, -0.25) is 14.4 Å². The third kappa shape index (κ3) is 5.21. The van der Waals surface area contributed by atoms with Gasteiger partial charge in [0, 0.05) is 44.3 Å². The smallest absolute Gasteiger partial charge is 0.416 e. The third-order valence-corrected chi connectivity index (χ3v) is 6.69. The number of nitro groups is 1. The highest BCUT2D eigenvalue weighted by Crippen LogP contribution is 2.32. The predicted molar refractivity (Wildman–Crippen MR) is 127 cm³/mol. The highest BCUT2D eigenvalue weighted by molar-refractivity contribution is 5.64. The lowest BCUT2D eigenvalue weighted by Gasteiger charge is -2.38. The zero-order valence-corrected chi connectivity index (χ0v) is 19.7. The second-order valence-electron chi connectivity index (χ2n) is 9.64. The van der Waals surface area contributed by atoms with E-state index >= 15 is 0 Å². The summed E-state index contributed by atoms with van der Waals surface area (Å²) in [5.41, 5.74) is 1.66. The molecule has 0 bridgehead atoms. The Morgan fingerprint density at radius 1 is 1.00 bits per heavy atom. The average molecular weight is 502 g/mol. The molecule has 0 aliphatic carbocycles. The lowest BCUT2D eigenvalue weighted by molar-refractivity contribution is -0.389. The second-order valence-corrected chi connectivity index (χ2v) is 9.64. The molecule has 1 saturated heterocycles. The number of hydrogen-bond donors (Lipinski definition) is 0. The normalized spacial score (nSPS) is 20.8. The number of nitrogens with zero attached hydrogens (tertiary/aromatic N) is 5. The number of imidazole rings is 1. The summed E-state index contributed by atoms with van der Waals surface area (Å²) in [5, 5.41) is 10.9. The van der Waals surface area contributed by atoms with Crippen molar-refractivity contribution in [3.63, 3.8) is 0 Å². The third-order valence-electron chi connectivity index (χ3n) is 6.69. The van der Waals surface area contributed by atoms with Crippen LogP contribution in [0.1, 0.15) is 18.1 Å². The molecule has 3 heterocycles. The van der Waals surface area contributed by atoms with Crippen LogP contribution in [0.3, 0.4) is 0 Å². The number of benzene rings is 2. The van der Waals surface area contributed by atoms with Crippen molar-refractivity contribution in [2.45, 2.75) is 31.8 Å². The van der Waals surface area contributed by atoms with Crippen molar-refractivity contribution in [1.82, 2.24) is 19.4 Å². The van der Waals surface area contributed by atoms with Crippen molar-refractivity contribution < 1.29 is 22.8 Å². The standard InChI is InChI=1S/C25H26F3N5O3/c1-24(17-32-15-22(33(34)35)29-23(32)36-24)16-31-12-10-30(11-13-31)14-18-2-4-19(5-3-18)20-6-8-21(9-7-20)25(26,27)28/h2-9,15H,10-14,16-17H2,1H3. The van der Waals surface area contributed by atoms with Crippen molar-refractivity contribution >= 4 is 5.82 Å². The van der Waals surface area contributed by atoms with E-state index in [0.717, 1.165) is 61.5 Å². The topological polar surface area (TPSA) is 76.7 Å². The molecular weight excluding hydrogens is 475 g/mol. The van der Waals surface area contributed by atoms with Crippen molar-refractivity contribution in [2.75, 3.05) is 32.7 Å². The Morgan fingerprint density at radius 3 is 2.14 bits per heavy atom. The van der Waals surface area contributed by atoms with Crippen LogP contribution in [-0.2, 0) is 19.3 Å². The number of piperazine rings is 1. The molecule has 1 aromatic heterocycles. The van der Waals surface area contributed by atoms with Crippen molar-refractivity contribution in [2.24, 2.45) is 0 Å². The number of ether oxygens (including phenoxy) is 1. The van der Waals surface area contributed by atoms with Crippen LogP contribution in [0.4, 0.5) is 19.0 Å². The maximum Gasteiger partial charge on any atom is 0.416 e. The minimum absolute atomic E-state index is 0.201. The number of aromatic nitrogens is 2. The number of hydrogen-bond acceptors (Lipinski definition) is 6. The molecule has 2 aromatic carbocycles. The molecule has 2 aliphatic rings. The Kier molecular flexibility index (Phi) is 6.21. The van der Waals surface area contributed by atoms with Crippen molar-refractivity contribution in [3.8, 4) is 17.1 Å². The summed E-state index contributed by atoms with van der Waals surface area (Å²) in [7, 11) is 0. The summed E-state index contributed by atoms with van der Waals surface area (Å²) in [6.45, 7) is 7.58. The number of alkyl halides is 3. The molecule has 3 aromatic rings. The molecule has 0 N–H and O–H groups in total. The zero-order valence-electron chi connectivity index (χ0n) is 19.7. The largest absolute Gasteiger partial charge is 0.436 e. The van der Waals surface area contributed by atoms with E-state index in [0.29, 0.717) is 19.1 Å². The van der Waals surface area contributed by atoms with E-state index in [2.05, 4.69) is 14.8 Å². The fourth-order valence-electron chi connectivity index (χ4n) is 4.85. The summed E-state index contributed by atoms with van der Waals surface area (Å²) in [5.74, 6) is -0.201. The lowest BCUT2D eigenvalue weighted by atomic mass is 10.0. The van der Waals surface area contributed by atoms with Crippen molar-refractivity contribution in [3.05, 3.63) is 76.0 Å². The monoisotopic (exact) mass is 501 g/mol. The molecule has 1 fully saturated rings. The Balaban J connectivity index is 1.11. The molecule has 0 amide bonds. The van der Waals surface area contributed by atoms with E-state index in [4.69, 9.17) is 4.74 Å². The predicted octanol–water partition coefficient (Wildman–Crippen LogP) is 4.45. The van der Waals surface area contributed by atoms with E-state index in [1.807, 2.05) is 31.2 Å². The molecule has 11 heteroatoms. The van der Waals surface area contributed by atoms with Gasteiger partial charge in [0.1, 0.15) is 11.8 Å². The van der Waals surface area contributed by atoms with Gasteiger partial charge in [-0.05, 0) is 40.7 Å². The summed E-state index contributed by atoms with van der Waals surface area (Å²) < 4.78 is 46.0. The van der Waals surface area contributed by atoms with Gasteiger partial charge in [-0.1, -0.05) is 36.4 Å². The van der Waals surface area contributed by atoms with Gasteiger partial charge in [-0.15, -0.1) is 0 Å². The molecule has 36 heavy (non-hydrogen) atoms. The number of fused-ring (bicyclic) bond motifs is 1. The van der Waals surface area contributed by atoms with Crippen LogP contribution < -0.4 is 4.74 Å². The highest BCUT2D eigenvalue weighted by Gasteiger charge is 2.41. The van der Waals surface area contributed by atoms with Gasteiger partial charge in [-0.25, -0.2) is 0 Å². The van der Waals surface area contributed by atoms with Crippen LogP contribution in [0.5, 0.6) is 6.01 Å². The summed E-state index contributed by atoms with van der Waals surface area (Å²) in [6.07, 6.45) is -2.91. The van der Waals surface area contributed by atoms with Crippen LogP contribution in [0, 0.1) is 10.1 Å². The van der Waals surface area contributed by atoms with Gasteiger partial charge in [0.15, 0.2) is 0 Å². The summed E-state index contributed by atoms with van der Waals surface area (Å²) in [6, 6.07) is 13.4. The van der Waals surface area contributed by atoms with Crippen LogP contribution in [0.2, 0.25) is 0 Å². The lowest BCUT2D eigenvalue weighted by Crippen LogP contribution is -2.52. The van der Waals surface area contributed by atoms with Crippen molar-refractivity contribution in [1.29, 1.82) is 0 Å². The first-order valence-electron chi connectivity index (χ1n) is 11.7. The van der Waals surface area contributed by atoms with Crippen LogP contribution >= 0.6 is 0 Å². The van der Waals surface area contributed by atoms with E-state index in [1.165, 1.54) is 18.3 Å². The van der Waals surface area contributed by atoms with Crippen LogP contribution in [0.25, 0.3) is 11.1 Å². The van der Waals surface area contributed by atoms with Gasteiger partial charge < -0.3 is 14.9 Å². The van der Waals surface area contributed by atoms with E-state index in [1.54, 1.807) is 4.57 Å². The Labute approximate surface area is 206 Å². The van der Waals surface area contributed by atoms with Gasteiger partial charge in [0.2, 0.25) is 0 Å². The first-order valence-corrected chi connectivity index (χ1v) is 11.7. The minimum Gasteiger partial charge on any atom is -0.436 e. The zero-order chi connectivity index (χ0) is 25.5. The minimum atomic E-state index is -4.33. The van der Waals surface area contributed by atoms with Gasteiger partial charge in [-0.2, -0.15) is 13.2 Å². The van der Waals surface area contributed by atoms with E-state index in [9.17, 15) is 23.3 Å². The first kappa shape index (κ1) is 24.3. The highest BCUT2D eigenvalue weighted by atomic mass is 19.4. The Morgan fingerprint density at radius 2 is 1.58 bits per heavy atom. The first-order chi connectivity index (χ1) is 17.1. The van der Waals surface area contributed by atoms with E-state index < -0.39 is 22.3 Å². The van der Waals surface area contributed by atoms with Gasteiger partial charge >= 0.3 is 18.0 Å². The molecule has 1 atom stereocenters. The Hall–Kier alpha value is -3.44. The Bertz CT molecular complexity index is 1210. The molecule has 0 saturated carbocycles. The maximum absolute atomic E-state index is 12.8. The maximum atomic E-state index is 12.8. The molecule has 1 unspecified atom stereocenters. The quantitative estimate of drug-likeness (QED) is 0.367. The fourth-order valence-corrected chi connectivity index (χ4v) is 4.85. The molecule has 5 rings (SSSR count). The number of rotatable bonds is 6. The van der Waals surface area contributed by atoms with Crippen LogP contribution in [-0.4, -0.2) is 62.6 Å². The van der Waals surface area contributed by atoms with E-state index in [-0.39, 0.29) is 5.82 Å². The van der Waals surface area contributed by atoms with Crippen LogP contribution in [0.15, 0.2) is 54.7 Å². The molecule has 8 nitrogen and oxygen atoms in total. The summed E-state index contributed by atoms with van der Waals surface area (Å²) in [4.78, 5) is 19.0. The fraction of sp³-hybridized carbons (Fsp3) is 0.400. The van der Waals surface area contributed by atoms with Gasteiger partial charge in [0.25, 0.3) is 0 Å². The average Bonchev–Trinajstić information content (AvgIpc) is 3.36. The SMILES string of the molecule is CC1(CN2CCN(Cc3ccc(-c4ccc(C(F)(F)F)cc4)cc3)CC2)Cn2cc([N+](=O)[O-])nc2O1. The summed E-state index contributed by atoms with van der Waals surface area (Å²) >= 11 is 0. The molecule has 0 spiro atoms.